The molecule has 0 aliphatic rings. The molecular weight excluding hydrogens is 222 g/mol. The number of aliphatic carboxylic acids is 1. The highest BCUT2D eigenvalue weighted by molar-refractivity contribution is 5.80. The van der Waals surface area contributed by atoms with Crippen LogP contribution in [-0.2, 0) is 4.79 Å². The lowest BCUT2D eigenvalue weighted by atomic mass is 10.1. The molecule has 2 N–H and O–H groups in total. The van der Waals surface area contributed by atoms with Crippen LogP contribution in [0.1, 0.15) is 20.8 Å². The Kier molecular flexibility index (Phi) is 5.13. The van der Waals surface area contributed by atoms with Crippen LogP contribution in [0, 0.1) is 0 Å². The zero-order valence-corrected chi connectivity index (χ0v) is 9.46. The Hall–Kier alpha value is -1.40. The maximum absolute atomic E-state index is 11.9. The van der Waals surface area contributed by atoms with E-state index in [4.69, 9.17) is 5.11 Å². The molecule has 0 rings (SSSR count). The van der Waals surface area contributed by atoms with Crippen LogP contribution in [-0.4, -0.2) is 47.1 Å². The van der Waals surface area contributed by atoms with Crippen molar-refractivity contribution in [3.63, 3.8) is 0 Å². The largest absolute Gasteiger partial charge is 0.480 e. The van der Waals surface area contributed by atoms with E-state index >= 15 is 0 Å². The van der Waals surface area contributed by atoms with Gasteiger partial charge in [0.1, 0.15) is 6.54 Å². The van der Waals surface area contributed by atoms with Crippen LogP contribution in [0.3, 0.4) is 0 Å². The number of carboxylic acids is 1. The predicted molar refractivity (Wildman–Crippen MR) is 53.5 cm³/mol. The molecule has 5 nitrogen and oxygen atoms in total. The van der Waals surface area contributed by atoms with Gasteiger partial charge in [-0.05, 0) is 20.8 Å². The molecule has 0 aromatic rings. The van der Waals surface area contributed by atoms with Crippen LogP contribution in [0.15, 0.2) is 0 Å². The predicted octanol–water partition coefficient (Wildman–Crippen LogP) is 1.15. The maximum atomic E-state index is 11.9. The Labute approximate surface area is 92.4 Å². The highest BCUT2D eigenvalue weighted by Gasteiger charge is 2.28. The summed E-state index contributed by atoms with van der Waals surface area (Å²) in [4.78, 5) is 23.0. The Bertz CT molecular complexity index is 264. The highest BCUT2D eigenvalue weighted by atomic mass is 19.3. The number of hydrogen-bond donors (Lipinski definition) is 2. The summed E-state index contributed by atoms with van der Waals surface area (Å²) < 4.78 is 23.7. The number of carboxylic acid groups (broad SMARTS) is 1. The van der Waals surface area contributed by atoms with Gasteiger partial charge in [-0.2, -0.15) is 0 Å². The van der Waals surface area contributed by atoms with Crippen LogP contribution in [0.5, 0.6) is 0 Å². The van der Waals surface area contributed by atoms with Crippen molar-refractivity contribution in [2.24, 2.45) is 0 Å². The number of alkyl halides is 2. The van der Waals surface area contributed by atoms with Crippen molar-refractivity contribution in [3.05, 3.63) is 0 Å². The van der Waals surface area contributed by atoms with Crippen molar-refractivity contribution in [2.45, 2.75) is 32.7 Å². The number of rotatable bonds is 4. The summed E-state index contributed by atoms with van der Waals surface area (Å²) >= 11 is 0. The van der Waals surface area contributed by atoms with Gasteiger partial charge in [0.25, 0.3) is 6.43 Å². The first-order chi connectivity index (χ1) is 7.14. The van der Waals surface area contributed by atoms with Gasteiger partial charge in [0.2, 0.25) is 0 Å². The molecule has 0 fully saturated rings. The summed E-state index contributed by atoms with van der Waals surface area (Å²) in [6.45, 7) is 3.55. The molecule has 2 amide bonds. The minimum Gasteiger partial charge on any atom is -0.480 e. The smallest absolute Gasteiger partial charge is 0.323 e. The average Bonchev–Trinajstić information content (AvgIpc) is 2.08. The molecule has 0 heterocycles. The number of carbonyl (C=O) groups is 2. The molecule has 16 heavy (non-hydrogen) atoms. The van der Waals surface area contributed by atoms with Crippen LogP contribution in [0.2, 0.25) is 0 Å². The van der Waals surface area contributed by atoms with E-state index in [-0.39, 0.29) is 0 Å². The van der Waals surface area contributed by atoms with Crippen molar-refractivity contribution in [1.82, 2.24) is 10.2 Å². The second kappa shape index (κ2) is 5.62. The quantitative estimate of drug-likeness (QED) is 0.771. The first kappa shape index (κ1) is 14.6. The topological polar surface area (TPSA) is 69.6 Å². The Morgan fingerprint density at radius 1 is 1.38 bits per heavy atom. The van der Waals surface area contributed by atoms with Gasteiger partial charge in [0.15, 0.2) is 0 Å². The van der Waals surface area contributed by atoms with Crippen molar-refractivity contribution in [2.75, 3.05) is 13.1 Å². The van der Waals surface area contributed by atoms with E-state index in [0.717, 1.165) is 4.90 Å². The van der Waals surface area contributed by atoms with Crippen LogP contribution in [0.4, 0.5) is 13.6 Å². The van der Waals surface area contributed by atoms with E-state index in [2.05, 4.69) is 0 Å². The third-order valence-corrected chi connectivity index (χ3v) is 1.76. The summed E-state index contributed by atoms with van der Waals surface area (Å²) in [7, 11) is 0. The second-order valence-corrected chi connectivity index (χ2v) is 4.23. The van der Waals surface area contributed by atoms with Crippen LogP contribution < -0.4 is 5.32 Å². The fourth-order valence-electron chi connectivity index (χ4n) is 1.01. The molecule has 0 saturated heterocycles. The van der Waals surface area contributed by atoms with E-state index in [0.29, 0.717) is 0 Å². The molecule has 0 unspecified atom stereocenters. The summed E-state index contributed by atoms with van der Waals surface area (Å²) in [5.74, 6) is -1.19. The lowest BCUT2D eigenvalue weighted by Crippen LogP contribution is -2.53. The van der Waals surface area contributed by atoms with Crippen molar-refractivity contribution in [1.29, 1.82) is 0 Å². The standard InChI is InChI=1S/C9H16F2N2O3/c1-9(2,3)13(5-7(14)15)8(16)12-4-6(10)11/h6H,4-5H2,1-3H3,(H,12,16)(H,14,15). The van der Waals surface area contributed by atoms with Gasteiger partial charge < -0.3 is 15.3 Å². The van der Waals surface area contributed by atoms with E-state index in [1.807, 2.05) is 5.32 Å². The molecule has 0 aliphatic heterocycles. The molecular formula is C9H16F2N2O3. The summed E-state index contributed by atoms with van der Waals surface area (Å²) in [6.07, 6.45) is -2.66. The molecule has 94 valence electrons. The molecule has 7 heteroatoms. The molecule has 0 spiro atoms. The Balaban J connectivity index is 4.51. The minimum absolute atomic E-state index is 0.529. The zero-order chi connectivity index (χ0) is 12.9. The van der Waals surface area contributed by atoms with E-state index in [1.165, 1.54) is 0 Å². The Morgan fingerprint density at radius 3 is 2.19 bits per heavy atom. The van der Waals surface area contributed by atoms with E-state index in [1.54, 1.807) is 20.8 Å². The van der Waals surface area contributed by atoms with Gasteiger partial charge in [-0.1, -0.05) is 0 Å². The number of carbonyl (C=O) groups excluding carboxylic acids is 1. The third kappa shape index (κ3) is 5.47. The van der Waals surface area contributed by atoms with Crippen molar-refractivity contribution in [3.8, 4) is 0 Å². The molecule has 0 aromatic carbocycles. The fourth-order valence-corrected chi connectivity index (χ4v) is 1.01. The summed E-state index contributed by atoms with van der Waals surface area (Å²) in [5, 5.41) is 10.6. The second-order valence-electron chi connectivity index (χ2n) is 4.23. The van der Waals surface area contributed by atoms with E-state index < -0.39 is 37.1 Å². The summed E-state index contributed by atoms with van der Waals surface area (Å²) in [5.41, 5.74) is -0.745. The lowest BCUT2D eigenvalue weighted by Gasteiger charge is -2.34. The zero-order valence-electron chi connectivity index (χ0n) is 9.46. The highest BCUT2D eigenvalue weighted by Crippen LogP contribution is 2.12. The molecule has 0 atom stereocenters. The normalized spacial score (nSPS) is 11.4. The molecule has 0 aliphatic carbocycles. The number of nitrogens with one attached hydrogen (secondary N) is 1. The maximum Gasteiger partial charge on any atom is 0.323 e. The third-order valence-electron chi connectivity index (χ3n) is 1.76. The minimum atomic E-state index is -2.66. The first-order valence-corrected chi connectivity index (χ1v) is 4.70. The number of nitrogens with zero attached hydrogens (tertiary/aromatic N) is 1. The summed E-state index contributed by atoms with van der Waals surface area (Å²) in [6, 6.07) is -0.810. The van der Waals surface area contributed by atoms with Gasteiger partial charge in [0, 0.05) is 5.54 Å². The van der Waals surface area contributed by atoms with Gasteiger partial charge in [0.05, 0.1) is 6.54 Å². The number of urea groups is 1. The molecule has 0 radical (unpaired) electrons. The van der Waals surface area contributed by atoms with Gasteiger partial charge in [-0.3, -0.25) is 4.79 Å². The number of amides is 2. The lowest BCUT2D eigenvalue weighted by molar-refractivity contribution is -0.138. The molecule has 0 aromatic heterocycles. The van der Waals surface area contributed by atoms with Gasteiger partial charge >= 0.3 is 12.0 Å². The van der Waals surface area contributed by atoms with Crippen molar-refractivity contribution >= 4 is 12.0 Å². The SMILES string of the molecule is CC(C)(C)N(CC(=O)O)C(=O)NCC(F)F. The van der Waals surface area contributed by atoms with Crippen LogP contribution >= 0.6 is 0 Å². The van der Waals surface area contributed by atoms with E-state index in [9.17, 15) is 18.4 Å². The van der Waals surface area contributed by atoms with Gasteiger partial charge in [-0.25, -0.2) is 13.6 Å². The van der Waals surface area contributed by atoms with Gasteiger partial charge in [-0.15, -0.1) is 0 Å². The molecule has 0 bridgehead atoms. The van der Waals surface area contributed by atoms with Crippen LogP contribution in [0.25, 0.3) is 0 Å². The Morgan fingerprint density at radius 2 is 1.88 bits per heavy atom. The molecule has 0 saturated carbocycles. The monoisotopic (exact) mass is 238 g/mol. The first-order valence-electron chi connectivity index (χ1n) is 4.70. The number of hydrogen-bond acceptors (Lipinski definition) is 2. The fraction of sp³-hybridized carbons (Fsp3) is 0.778. The number of halogens is 2. The van der Waals surface area contributed by atoms with Crippen molar-refractivity contribution < 1.29 is 23.5 Å². The average molecular weight is 238 g/mol.